The van der Waals surface area contributed by atoms with Gasteiger partial charge in [0.15, 0.2) is 6.61 Å². The first-order chi connectivity index (χ1) is 13.5. The highest BCUT2D eigenvalue weighted by molar-refractivity contribution is 6.00. The van der Waals surface area contributed by atoms with Crippen LogP contribution in [0.15, 0.2) is 36.4 Å². The summed E-state index contributed by atoms with van der Waals surface area (Å²) in [6.45, 7) is 5.32. The molecule has 1 aromatic carbocycles. The first kappa shape index (κ1) is 18.9. The Balaban J connectivity index is 1.41. The van der Waals surface area contributed by atoms with Crippen molar-refractivity contribution in [3.63, 3.8) is 0 Å². The Bertz CT molecular complexity index is 874. The van der Waals surface area contributed by atoms with Crippen LogP contribution in [0.2, 0.25) is 0 Å². The van der Waals surface area contributed by atoms with Crippen LogP contribution in [0.1, 0.15) is 53.0 Å². The Morgan fingerprint density at radius 3 is 2.61 bits per heavy atom. The van der Waals surface area contributed by atoms with Gasteiger partial charge in [-0.15, -0.1) is 0 Å². The molecule has 2 aliphatic rings. The van der Waals surface area contributed by atoms with Gasteiger partial charge >= 0.3 is 5.97 Å². The third kappa shape index (κ3) is 3.51. The van der Waals surface area contributed by atoms with Gasteiger partial charge in [0, 0.05) is 30.1 Å². The minimum Gasteiger partial charge on any atom is -0.457 e. The van der Waals surface area contributed by atoms with Crippen LogP contribution in [0.4, 0.5) is 0 Å². The lowest BCUT2D eigenvalue weighted by Gasteiger charge is -2.15. The molecule has 2 heterocycles. The van der Waals surface area contributed by atoms with E-state index >= 15 is 0 Å². The number of Topliss-reactive ketones (excluding diaryl/α,β-unsaturated/α-hetero) is 1. The van der Waals surface area contributed by atoms with Crippen molar-refractivity contribution >= 4 is 11.8 Å². The third-order valence-corrected chi connectivity index (χ3v) is 6.09. The molecule has 1 atom stereocenters. The molecular formula is C23H27NO4. The van der Waals surface area contributed by atoms with E-state index in [0.29, 0.717) is 5.56 Å². The number of hydrogen-bond acceptors (Lipinski definition) is 4. The van der Waals surface area contributed by atoms with Crippen LogP contribution in [-0.2, 0) is 26.2 Å². The predicted octanol–water partition coefficient (Wildman–Crippen LogP) is 3.74. The summed E-state index contributed by atoms with van der Waals surface area (Å²) in [5, 5.41) is 0. The van der Waals surface area contributed by atoms with E-state index < -0.39 is 5.41 Å². The fraction of sp³-hybridized carbons (Fsp3) is 0.478. The highest BCUT2D eigenvalue weighted by Gasteiger charge is 2.52. The molecule has 0 spiro atoms. The Kier molecular flexibility index (Phi) is 5.11. The third-order valence-electron chi connectivity index (χ3n) is 6.09. The monoisotopic (exact) mass is 381 g/mol. The van der Waals surface area contributed by atoms with Crippen molar-refractivity contribution in [2.24, 2.45) is 0 Å². The van der Waals surface area contributed by atoms with Gasteiger partial charge in [-0.3, -0.25) is 9.59 Å². The second-order valence-corrected chi connectivity index (χ2v) is 7.98. The molecule has 1 aromatic heterocycles. The number of benzene rings is 1. The van der Waals surface area contributed by atoms with E-state index in [9.17, 15) is 9.59 Å². The summed E-state index contributed by atoms with van der Waals surface area (Å²) >= 11 is 0. The average molecular weight is 381 g/mol. The molecule has 4 rings (SSSR count). The van der Waals surface area contributed by atoms with Crippen LogP contribution in [-0.4, -0.2) is 35.6 Å². The van der Waals surface area contributed by atoms with Gasteiger partial charge in [-0.05, 0) is 51.2 Å². The van der Waals surface area contributed by atoms with Crippen molar-refractivity contribution in [3.8, 4) is 0 Å². The van der Waals surface area contributed by atoms with Crippen molar-refractivity contribution < 1.29 is 19.1 Å². The average Bonchev–Trinajstić information content (AvgIpc) is 3.28. The van der Waals surface area contributed by atoms with E-state index in [4.69, 9.17) is 9.47 Å². The van der Waals surface area contributed by atoms with Crippen molar-refractivity contribution in [1.82, 2.24) is 4.57 Å². The fourth-order valence-electron chi connectivity index (χ4n) is 4.20. The summed E-state index contributed by atoms with van der Waals surface area (Å²) in [5.41, 5.74) is 3.00. The molecule has 1 saturated heterocycles. The van der Waals surface area contributed by atoms with Crippen LogP contribution in [0, 0.1) is 13.8 Å². The number of ether oxygens (including phenoxy) is 2. The second-order valence-electron chi connectivity index (χ2n) is 7.98. The standard InChI is InChI=1S/C23H27NO4/c1-16-13-20(17(2)24(16)14-19-9-6-12-27-19)21(25)15-28-22(26)23(10-11-23)18-7-4-3-5-8-18/h3-5,7-8,13,19H,6,9-12,14-15H2,1-2H3. The van der Waals surface area contributed by atoms with Gasteiger partial charge < -0.3 is 14.0 Å². The number of ketones is 1. The zero-order valence-corrected chi connectivity index (χ0v) is 16.6. The molecule has 28 heavy (non-hydrogen) atoms. The molecule has 1 unspecified atom stereocenters. The van der Waals surface area contributed by atoms with E-state index in [2.05, 4.69) is 4.57 Å². The molecule has 0 bridgehead atoms. The van der Waals surface area contributed by atoms with Crippen LogP contribution >= 0.6 is 0 Å². The summed E-state index contributed by atoms with van der Waals surface area (Å²) < 4.78 is 13.3. The zero-order chi connectivity index (χ0) is 19.7. The number of esters is 1. The van der Waals surface area contributed by atoms with E-state index in [-0.39, 0.29) is 24.5 Å². The van der Waals surface area contributed by atoms with Crippen molar-refractivity contribution in [2.75, 3.05) is 13.2 Å². The smallest absolute Gasteiger partial charge is 0.317 e. The molecule has 148 valence electrons. The van der Waals surface area contributed by atoms with Gasteiger partial charge in [0.05, 0.1) is 11.5 Å². The topological polar surface area (TPSA) is 57.5 Å². The lowest BCUT2D eigenvalue weighted by molar-refractivity contribution is -0.145. The van der Waals surface area contributed by atoms with Gasteiger partial charge in [0.1, 0.15) is 0 Å². The van der Waals surface area contributed by atoms with Gasteiger partial charge in [0.25, 0.3) is 0 Å². The van der Waals surface area contributed by atoms with Gasteiger partial charge in [0.2, 0.25) is 5.78 Å². The Morgan fingerprint density at radius 1 is 1.21 bits per heavy atom. The molecule has 0 amide bonds. The molecular weight excluding hydrogens is 354 g/mol. The Morgan fingerprint density at radius 2 is 1.96 bits per heavy atom. The normalized spacial score (nSPS) is 20.1. The van der Waals surface area contributed by atoms with Crippen LogP contribution < -0.4 is 0 Å². The summed E-state index contributed by atoms with van der Waals surface area (Å²) in [5.74, 6) is -0.441. The summed E-state index contributed by atoms with van der Waals surface area (Å²) in [6.07, 6.45) is 3.92. The first-order valence-corrected chi connectivity index (χ1v) is 10.1. The van der Waals surface area contributed by atoms with Crippen molar-refractivity contribution in [2.45, 2.75) is 57.6 Å². The van der Waals surface area contributed by atoms with Gasteiger partial charge in [-0.1, -0.05) is 30.3 Å². The molecule has 1 saturated carbocycles. The molecule has 2 fully saturated rings. The highest BCUT2D eigenvalue weighted by Crippen LogP contribution is 2.49. The number of aryl methyl sites for hydroxylation is 1. The van der Waals surface area contributed by atoms with Gasteiger partial charge in [-0.2, -0.15) is 0 Å². The maximum atomic E-state index is 12.7. The van der Waals surface area contributed by atoms with E-state index in [1.807, 2.05) is 50.2 Å². The largest absolute Gasteiger partial charge is 0.457 e. The van der Waals surface area contributed by atoms with Crippen LogP contribution in [0.5, 0.6) is 0 Å². The lowest BCUT2D eigenvalue weighted by atomic mass is 9.96. The Labute approximate surface area is 165 Å². The number of carbonyl (C=O) groups excluding carboxylic acids is 2. The maximum absolute atomic E-state index is 12.7. The summed E-state index contributed by atoms with van der Waals surface area (Å²) in [7, 11) is 0. The van der Waals surface area contributed by atoms with E-state index in [0.717, 1.165) is 55.8 Å². The number of rotatable bonds is 7. The SMILES string of the molecule is Cc1cc(C(=O)COC(=O)C2(c3ccccc3)CC2)c(C)n1CC1CCCO1. The minimum absolute atomic E-state index is 0.149. The number of carbonyl (C=O) groups is 2. The fourth-order valence-corrected chi connectivity index (χ4v) is 4.20. The molecule has 2 aromatic rings. The number of nitrogens with zero attached hydrogens (tertiary/aromatic N) is 1. The first-order valence-electron chi connectivity index (χ1n) is 10.1. The second kappa shape index (κ2) is 7.55. The minimum atomic E-state index is -0.557. The number of hydrogen-bond donors (Lipinski definition) is 0. The molecule has 5 nitrogen and oxygen atoms in total. The molecule has 5 heteroatoms. The summed E-state index contributed by atoms with van der Waals surface area (Å²) in [4.78, 5) is 25.4. The van der Waals surface area contributed by atoms with Gasteiger partial charge in [-0.25, -0.2) is 0 Å². The van der Waals surface area contributed by atoms with Crippen LogP contribution in [0.3, 0.4) is 0 Å². The lowest BCUT2D eigenvalue weighted by Crippen LogP contribution is -2.26. The van der Waals surface area contributed by atoms with Crippen LogP contribution in [0.25, 0.3) is 0 Å². The van der Waals surface area contributed by atoms with E-state index in [1.54, 1.807) is 0 Å². The predicted molar refractivity (Wildman–Crippen MR) is 106 cm³/mol. The number of aromatic nitrogens is 1. The van der Waals surface area contributed by atoms with E-state index in [1.165, 1.54) is 0 Å². The van der Waals surface area contributed by atoms with Crippen molar-refractivity contribution in [3.05, 3.63) is 58.9 Å². The molecule has 0 N–H and O–H groups in total. The highest BCUT2D eigenvalue weighted by atomic mass is 16.5. The molecule has 1 aliphatic carbocycles. The maximum Gasteiger partial charge on any atom is 0.317 e. The zero-order valence-electron chi connectivity index (χ0n) is 16.6. The van der Waals surface area contributed by atoms with Crippen molar-refractivity contribution in [1.29, 1.82) is 0 Å². The molecule has 1 aliphatic heterocycles. The Hall–Kier alpha value is -2.40. The molecule has 0 radical (unpaired) electrons. The quantitative estimate of drug-likeness (QED) is 0.541. The summed E-state index contributed by atoms with van der Waals surface area (Å²) in [6, 6.07) is 11.6.